The van der Waals surface area contributed by atoms with Crippen LogP contribution in [0, 0.1) is 0 Å². The van der Waals surface area contributed by atoms with E-state index in [0.29, 0.717) is 11.6 Å². The third-order valence-corrected chi connectivity index (χ3v) is 3.87. The van der Waals surface area contributed by atoms with Gasteiger partial charge in [-0.05, 0) is 35.9 Å². The lowest BCUT2D eigenvalue weighted by Gasteiger charge is -2.09. The van der Waals surface area contributed by atoms with Gasteiger partial charge in [0.2, 0.25) is 0 Å². The molecule has 118 valence electrons. The molecule has 3 heterocycles. The molecule has 1 aromatic carbocycles. The van der Waals surface area contributed by atoms with Gasteiger partial charge in [0, 0.05) is 35.5 Å². The molecule has 6 nitrogen and oxygen atoms in total. The number of rotatable bonds is 4. The highest BCUT2D eigenvalue weighted by Gasteiger charge is 2.05. The fraction of sp³-hybridized carbons (Fsp3) is 0.0588. The summed E-state index contributed by atoms with van der Waals surface area (Å²) >= 11 is 6.02. The first-order valence-electron chi connectivity index (χ1n) is 7.37. The van der Waals surface area contributed by atoms with Gasteiger partial charge in [-0.15, -0.1) is 0 Å². The monoisotopic (exact) mass is 336 g/mol. The van der Waals surface area contributed by atoms with Crippen molar-refractivity contribution in [3.05, 3.63) is 72.2 Å². The standard InChI is InChI=1S/C17H13ClN6/c18-13-1-2-14-15(8-13)22-10-23-17(14)21-9-12-3-4-20-16(7-12)24-6-5-19-11-24/h1-8,10-11H,9H2,(H,21,22,23). The van der Waals surface area contributed by atoms with E-state index >= 15 is 0 Å². The zero-order valence-electron chi connectivity index (χ0n) is 12.6. The van der Waals surface area contributed by atoms with Crippen molar-refractivity contribution >= 4 is 28.3 Å². The first-order valence-corrected chi connectivity index (χ1v) is 7.75. The summed E-state index contributed by atoms with van der Waals surface area (Å²) < 4.78 is 1.87. The first-order chi connectivity index (χ1) is 11.8. The molecule has 0 fully saturated rings. The first kappa shape index (κ1) is 14.6. The zero-order valence-corrected chi connectivity index (χ0v) is 13.4. The summed E-state index contributed by atoms with van der Waals surface area (Å²) in [5, 5.41) is 4.94. The maximum absolute atomic E-state index is 6.02. The van der Waals surface area contributed by atoms with E-state index in [1.165, 1.54) is 6.33 Å². The summed E-state index contributed by atoms with van der Waals surface area (Å²) in [4.78, 5) is 17.0. The van der Waals surface area contributed by atoms with Crippen LogP contribution < -0.4 is 5.32 Å². The number of nitrogens with zero attached hydrogens (tertiary/aromatic N) is 5. The van der Waals surface area contributed by atoms with Gasteiger partial charge < -0.3 is 5.32 Å². The Morgan fingerprint density at radius 1 is 1.04 bits per heavy atom. The number of nitrogens with one attached hydrogen (secondary N) is 1. The van der Waals surface area contributed by atoms with Crippen LogP contribution in [0.3, 0.4) is 0 Å². The van der Waals surface area contributed by atoms with E-state index in [1.807, 2.05) is 41.1 Å². The van der Waals surface area contributed by atoms with Crippen LogP contribution in [0.1, 0.15) is 5.56 Å². The molecule has 0 amide bonds. The lowest BCUT2D eigenvalue weighted by Crippen LogP contribution is -2.04. The number of hydrogen-bond acceptors (Lipinski definition) is 5. The van der Waals surface area contributed by atoms with Crippen molar-refractivity contribution in [1.82, 2.24) is 24.5 Å². The average molecular weight is 337 g/mol. The molecule has 0 aliphatic heterocycles. The molecular weight excluding hydrogens is 324 g/mol. The summed E-state index contributed by atoms with van der Waals surface area (Å²) in [6.07, 6.45) is 8.63. The molecule has 7 heteroatoms. The van der Waals surface area contributed by atoms with Crippen LogP contribution >= 0.6 is 11.6 Å². The van der Waals surface area contributed by atoms with Crippen LogP contribution in [0.4, 0.5) is 5.82 Å². The minimum absolute atomic E-state index is 0.624. The van der Waals surface area contributed by atoms with Crippen molar-refractivity contribution in [2.75, 3.05) is 5.32 Å². The van der Waals surface area contributed by atoms with Crippen molar-refractivity contribution in [1.29, 1.82) is 0 Å². The topological polar surface area (TPSA) is 68.5 Å². The van der Waals surface area contributed by atoms with Crippen molar-refractivity contribution in [2.45, 2.75) is 6.54 Å². The molecule has 0 aliphatic rings. The number of anilines is 1. The van der Waals surface area contributed by atoms with Crippen LogP contribution in [-0.2, 0) is 6.54 Å². The quantitative estimate of drug-likeness (QED) is 0.618. The number of imidazole rings is 1. The number of fused-ring (bicyclic) bond motifs is 1. The van der Waals surface area contributed by atoms with Crippen LogP contribution in [-0.4, -0.2) is 24.5 Å². The van der Waals surface area contributed by atoms with Gasteiger partial charge in [0.15, 0.2) is 0 Å². The maximum atomic E-state index is 6.02. The predicted molar refractivity (Wildman–Crippen MR) is 93.2 cm³/mol. The van der Waals surface area contributed by atoms with Crippen LogP contribution in [0.2, 0.25) is 5.02 Å². The predicted octanol–water partition coefficient (Wildman–Crippen LogP) is 3.48. The van der Waals surface area contributed by atoms with E-state index in [0.717, 1.165) is 28.1 Å². The second-order valence-corrected chi connectivity index (χ2v) is 5.67. The van der Waals surface area contributed by atoms with Gasteiger partial charge in [-0.2, -0.15) is 0 Å². The van der Waals surface area contributed by atoms with Crippen molar-refractivity contribution in [2.24, 2.45) is 0 Å². The minimum Gasteiger partial charge on any atom is -0.365 e. The molecule has 0 spiro atoms. The maximum Gasteiger partial charge on any atom is 0.138 e. The fourth-order valence-electron chi connectivity index (χ4n) is 2.46. The molecule has 0 saturated heterocycles. The highest BCUT2D eigenvalue weighted by molar-refractivity contribution is 6.31. The van der Waals surface area contributed by atoms with E-state index in [4.69, 9.17) is 11.6 Å². The summed E-state index contributed by atoms with van der Waals surface area (Å²) in [5.41, 5.74) is 1.91. The Bertz CT molecular complexity index is 983. The number of pyridine rings is 1. The van der Waals surface area contributed by atoms with E-state index < -0.39 is 0 Å². The van der Waals surface area contributed by atoms with Gasteiger partial charge in [-0.3, -0.25) is 4.57 Å². The van der Waals surface area contributed by atoms with Gasteiger partial charge in [0.25, 0.3) is 0 Å². The Balaban J connectivity index is 1.58. The lowest BCUT2D eigenvalue weighted by molar-refractivity contribution is 0.977. The normalized spacial score (nSPS) is 10.9. The summed E-state index contributed by atoms with van der Waals surface area (Å²) in [5.74, 6) is 1.60. The molecule has 0 radical (unpaired) electrons. The van der Waals surface area contributed by atoms with Gasteiger partial charge in [0.05, 0.1) is 5.52 Å². The summed E-state index contributed by atoms with van der Waals surface area (Å²) in [6, 6.07) is 9.56. The molecule has 3 aromatic heterocycles. The third-order valence-electron chi connectivity index (χ3n) is 3.64. The molecule has 4 aromatic rings. The van der Waals surface area contributed by atoms with Gasteiger partial charge in [0.1, 0.15) is 24.3 Å². The van der Waals surface area contributed by atoms with Gasteiger partial charge >= 0.3 is 0 Å². The van der Waals surface area contributed by atoms with Gasteiger partial charge in [-0.25, -0.2) is 19.9 Å². The Morgan fingerprint density at radius 3 is 2.88 bits per heavy atom. The Labute approximate surface area is 143 Å². The van der Waals surface area contributed by atoms with Crippen LogP contribution in [0.25, 0.3) is 16.7 Å². The Morgan fingerprint density at radius 2 is 2.00 bits per heavy atom. The number of hydrogen-bond donors (Lipinski definition) is 1. The zero-order chi connectivity index (χ0) is 16.4. The highest BCUT2D eigenvalue weighted by atomic mass is 35.5. The molecule has 0 unspecified atom stereocenters. The number of aromatic nitrogens is 5. The molecule has 4 rings (SSSR count). The molecule has 0 aliphatic carbocycles. The highest BCUT2D eigenvalue weighted by Crippen LogP contribution is 2.23. The fourth-order valence-corrected chi connectivity index (χ4v) is 2.63. The molecule has 0 saturated carbocycles. The number of halogens is 1. The third kappa shape index (κ3) is 2.91. The average Bonchev–Trinajstić information content (AvgIpc) is 3.14. The van der Waals surface area contributed by atoms with Crippen molar-refractivity contribution in [3.63, 3.8) is 0 Å². The molecule has 24 heavy (non-hydrogen) atoms. The second kappa shape index (κ2) is 6.25. The SMILES string of the molecule is Clc1ccc2c(NCc3ccnc(-n4ccnc4)c3)ncnc2c1. The minimum atomic E-state index is 0.624. The second-order valence-electron chi connectivity index (χ2n) is 5.23. The molecule has 0 atom stereocenters. The molecule has 0 bridgehead atoms. The Hall–Kier alpha value is -2.99. The summed E-state index contributed by atoms with van der Waals surface area (Å²) in [7, 11) is 0. The smallest absolute Gasteiger partial charge is 0.138 e. The van der Waals surface area contributed by atoms with Crippen molar-refractivity contribution < 1.29 is 0 Å². The number of benzene rings is 1. The van der Waals surface area contributed by atoms with Crippen molar-refractivity contribution in [3.8, 4) is 5.82 Å². The largest absolute Gasteiger partial charge is 0.365 e. The van der Waals surface area contributed by atoms with E-state index in [-0.39, 0.29) is 0 Å². The van der Waals surface area contributed by atoms with E-state index in [1.54, 1.807) is 18.7 Å². The lowest BCUT2D eigenvalue weighted by atomic mass is 10.2. The van der Waals surface area contributed by atoms with E-state index in [2.05, 4.69) is 25.3 Å². The van der Waals surface area contributed by atoms with Crippen LogP contribution in [0.5, 0.6) is 0 Å². The van der Waals surface area contributed by atoms with Crippen LogP contribution in [0.15, 0.2) is 61.6 Å². The molecular formula is C17H13ClN6. The Kier molecular flexibility index (Phi) is 3.80. The van der Waals surface area contributed by atoms with E-state index in [9.17, 15) is 0 Å². The van der Waals surface area contributed by atoms with Gasteiger partial charge in [-0.1, -0.05) is 11.6 Å². The summed E-state index contributed by atoms with van der Waals surface area (Å²) in [6.45, 7) is 0.624. The molecule has 1 N–H and O–H groups in total.